The number of rotatable bonds is 2. The molecule has 190 valence electrons. The first-order valence-electron chi connectivity index (χ1n) is 13.9. The minimum atomic E-state index is -1.24. The fourth-order valence-corrected chi connectivity index (χ4v) is 8.12. The molecule has 5 aliphatic rings. The Kier molecular flexibility index (Phi) is 4.72. The van der Waals surface area contributed by atoms with Gasteiger partial charge in [-0.3, -0.25) is 0 Å². The molecule has 2 nitrogen and oxygen atoms in total. The van der Waals surface area contributed by atoms with Crippen molar-refractivity contribution in [1.29, 1.82) is 0 Å². The van der Waals surface area contributed by atoms with E-state index in [9.17, 15) is 10.2 Å². The van der Waals surface area contributed by atoms with Crippen LogP contribution in [-0.2, 0) is 17.6 Å². The van der Waals surface area contributed by atoms with Gasteiger partial charge < -0.3 is 10.2 Å². The summed E-state index contributed by atoms with van der Waals surface area (Å²) in [5.74, 6) is -0.164. The summed E-state index contributed by atoms with van der Waals surface area (Å²) in [6, 6.07) is 24.8. The van der Waals surface area contributed by atoms with Crippen LogP contribution in [0, 0.1) is 17.3 Å². The highest BCUT2D eigenvalue weighted by Crippen LogP contribution is 2.63. The Morgan fingerprint density at radius 2 is 1.21 bits per heavy atom. The van der Waals surface area contributed by atoms with E-state index in [1.807, 2.05) is 30.3 Å². The van der Waals surface area contributed by atoms with Gasteiger partial charge in [-0.1, -0.05) is 134 Å². The average Bonchev–Trinajstić information content (AvgIpc) is 3.39. The number of fused-ring (bicyclic) bond motifs is 5. The average molecular weight is 507 g/mol. The van der Waals surface area contributed by atoms with Gasteiger partial charge in [0, 0.05) is 28.4 Å². The molecule has 3 aromatic rings. The Labute approximate surface area is 229 Å². The highest BCUT2D eigenvalue weighted by molar-refractivity contribution is 5.82. The van der Waals surface area contributed by atoms with Crippen molar-refractivity contribution in [3.63, 3.8) is 0 Å². The van der Waals surface area contributed by atoms with Crippen molar-refractivity contribution >= 4 is 0 Å². The zero-order valence-corrected chi connectivity index (χ0v) is 21.7. The molecule has 0 bridgehead atoms. The van der Waals surface area contributed by atoms with E-state index < -0.39 is 16.6 Å². The van der Waals surface area contributed by atoms with Crippen molar-refractivity contribution in [3.05, 3.63) is 167 Å². The van der Waals surface area contributed by atoms with E-state index in [1.165, 1.54) is 5.56 Å². The SMILES string of the molecule is OC1(C2=CC=C(C3(O)c4ccccc4CC34C=CC=CC4)C3C=CC=CC23)c2ccccc2-c2ccccc21. The van der Waals surface area contributed by atoms with Crippen molar-refractivity contribution in [2.24, 2.45) is 17.3 Å². The first-order chi connectivity index (χ1) is 19.1. The van der Waals surface area contributed by atoms with Crippen LogP contribution in [0.4, 0.5) is 0 Å². The third-order valence-corrected chi connectivity index (χ3v) is 9.83. The second-order valence-corrected chi connectivity index (χ2v) is 11.6. The molecule has 4 unspecified atom stereocenters. The van der Waals surface area contributed by atoms with Gasteiger partial charge in [0.25, 0.3) is 0 Å². The van der Waals surface area contributed by atoms with Crippen LogP contribution in [0.1, 0.15) is 28.7 Å². The van der Waals surface area contributed by atoms with Crippen molar-refractivity contribution in [3.8, 4) is 11.1 Å². The molecule has 0 aliphatic heterocycles. The Morgan fingerprint density at radius 3 is 1.87 bits per heavy atom. The van der Waals surface area contributed by atoms with Gasteiger partial charge in [0.1, 0.15) is 11.2 Å². The molecule has 0 heterocycles. The quantitative estimate of drug-likeness (QED) is 0.390. The van der Waals surface area contributed by atoms with Crippen LogP contribution in [0.15, 0.2) is 145 Å². The van der Waals surface area contributed by atoms with E-state index >= 15 is 0 Å². The monoisotopic (exact) mass is 506 g/mol. The summed E-state index contributed by atoms with van der Waals surface area (Å²) in [4.78, 5) is 0. The van der Waals surface area contributed by atoms with Gasteiger partial charge >= 0.3 is 0 Å². The van der Waals surface area contributed by atoms with Crippen LogP contribution in [-0.4, -0.2) is 10.2 Å². The lowest BCUT2D eigenvalue weighted by molar-refractivity contribution is -0.0259. The van der Waals surface area contributed by atoms with Gasteiger partial charge in [0.2, 0.25) is 0 Å². The lowest BCUT2D eigenvalue weighted by Crippen LogP contribution is -2.47. The maximum Gasteiger partial charge on any atom is 0.138 e. The largest absolute Gasteiger partial charge is 0.380 e. The number of allylic oxidation sites excluding steroid dienone is 9. The smallest absolute Gasteiger partial charge is 0.138 e. The van der Waals surface area contributed by atoms with E-state index in [-0.39, 0.29) is 11.8 Å². The highest BCUT2D eigenvalue weighted by Gasteiger charge is 2.60. The minimum Gasteiger partial charge on any atom is -0.380 e. The van der Waals surface area contributed by atoms with Crippen molar-refractivity contribution in [2.45, 2.75) is 24.0 Å². The van der Waals surface area contributed by atoms with Gasteiger partial charge in [-0.2, -0.15) is 0 Å². The minimum absolute atomic E-state index is 0.0775. The second kappa shape index (κ2) is 8.02. The van der Waals surface area contributed by atoms with Crippen LogP contribution >= 0.6 is 0 Å². The van der Waals surface area contributed by atoms with E-state index in [0.29, 0.717) is 0 Å². The molecule has 5 aliphatic carbocycles. The predicted octanol–water partition coefficient (Wildman–Crippen LogP) is 7.07. The first-order valence-corrected chi connectivity index (χ1v) is 13.9. The molecule has 0 aromatic heterocycles. The van der Waals surface area contributed by atoms with Crippen molar-refractivity contribution in [2.75, 3.05) is 0 Å². The Morgan fingerprint density at radius 1 is 0.615 bits per heavy atom. The molecule has 1 spiro atoms. The number of hydrogen-bond donors (Lipinski definition) is 2. The van der Waals surface area contributed by atoms with Crippen molar-refractivity contribution in [1.82, 2.24) is 0 Å². The number of aliphatic hydroxyl groups is 2. The molecule has 2 N–H and O–H groups in total. The van der Waals surface area contributed by atoms with E-state index in [1.54, 1.807) is 0 Å². The molecule has 8 rings (SSSR count). The van der Waals surface area contributed by atoms with Gasteiger partial charge in [-0.25, -0.2) is 0 Å². The van der Waals surface area contributed by atoms with Crippen LogP contribution in [0.5, 0.6) is 0 Å². The van der Waals surface area contributed by atoms with E-state index in [2.05, 4.69) is 103 Å². The molecule has 0 amide bonds. The van der Waals surface area contributed by atoms with Crippen LogP contribution in [0.3, 0.4) is 0 Å². The Bertz CT molecular complexity index is 1670. The predicted molar refractivity (Wildman–Crippen MR) is 156 cm³/mol. The maximum atomic E-state index is 13.0. The first kappa shape index (κ1) is 23.0. The summed E-state index contributed by atoms with van der Waals surface area (Å²) >= 11 is 0. The summed E-state index contributed by atoms with van der Waals surface area (Å²) in [6.07, 6.45) is 23.0. The standard InChI is InChI=1S/C37H30O2/c38-36(31-18-8-5-14-26(31)27-15-6-9-19-32(27)36)33-20-21-34(29-16-4-3-13-28(29)33)37(39)30-17-7-2-12-25(30)24-35(37)22-10-1-11-23-35/h1-22,28-29,38-39H,23-24H2. The zero-order valence-electron chi connectivity index (χ0n) is 21.7. The molecule has 0 saturated heterocycles. The highest BCUT2D eigenvalue weighted by atomic mass is 16.3. The van der Waals surface area contributed by atoms with E-state index in [0.717, 1.165) is 51.8 Å². The molecule has 3 aromatic carbocycles. The molecule has 0 fully saturated rings. The van der Waals surface area contributed by atoms with E-state index in [4.69, 9.17) is 0 Å². The fraction of sp³-hybridized carbons (Fsp3) is 0.189. The topological polar surface area (TPSA) is 40.5 Å². The Balaban J connectivity index is 1.37. The Hall–Kier alpha value is -3.98. The third-order valence-electron chi connectivity index (χ3n) is 9.83. The molecule has 0 saturated carbocycles. The van der Waals surface area contributed by atoms with Gasteiger partial charge in [0.05, 0.1) is 0 Å². The van der Waals surface area contributed by atoms with Gasteiger partial charge in [0.15, 0.2) is 0 Å². The van der Waals surface area contributed by atoms with Crippen LogP contribution in [0.25, 0.3) is 11.1 Å². The summed E-state index contributed by atoms with van der Waals surface area (Å²) in [5, 5.41) is 25.7. The third kappa shape index (κ3) is 2.83. The molecule has 39 heavy (non-hydrogen) atoms. The molecule has 4 atom stereocenters. The summed E-state index contributed by atoms with van der Waals surface area (Å²) in [6.45, 7) is 0. The second-order valence-electron chi connectivity index (χ2n) is 11.6. The maximum absolute atomic E-state index is 13.0. The number of benzene rings is 3. The van der Waals surface area contributed by atoms with Crippen LogP contribution < -0.4 is 0 Å². The normalized spacial score (nSPS) is 30.4. The lowest BCUT2D eigenvalue weighted by Gasteiger charge is -2.48. The lowest BCUT2D eigenvalue weighted by atomic mass is 9.58. The van der Waals surface area contributed by atoms with Gasteiger partial charge in [-0.15, -0.1) is 0 Å². The summed E-state index contributed by atoms with van der Waals surface area (Å²) < 4.78 is 0. The molecular weight excluding hydrogens is 476 g/mol. The summed E-state index contributed by atoms with van der Waals surface area (Å²) in [7, 11) is 0. The molecule has 2 heteroatoms. The van der Waals surface area contributed by atoms with Gasteiger partial charge in [-0.05, 0) is 46.2 Å². The molecular formula is C37H30O2. The van der Waals surface area contributed by atoms with Crippen molar-refractivity contribution < 1.29 is 10.2 Å². The van der Waals surface area contributed by atoms with Crippen LogP contribution in [0.2, 0.25) is 0 Å². The number of hydrogen-bond acceptors (Lipinski definition) is 2. The molecule has 0 radical (unpaired) electrons. The fourth-order valence-electron chi connectivity index (χ4n) is 8.12. The summed E-state index contributed by atoms with van der Waals surface area (Å²) in [5.41, 5.74) is 5.36. The zero-order chi connectivity index (χ0) is 26.2.